The second kappa shape index (κ2) is 4.21. The van der Waals surface area contributed by atoms with Gasteiger partial charge >= 0.3 is 28.9 Å². The highest BCUT2D eigenvalue weighted by Gasteiger charge is 2.67. The number of hydrogen-bond acceptors (Lipinski definition) is 1. The van der Waals surface area contributed by atoms with Gasteiger partial charge in [0.1, 0.15) is 0 Å². The van der Waals surface area contributed by atoms with E-state index in [4.69, 9.17) is 0 Å². The minimum absolute atomic E-state index is 0.396. The molecule has 0 heterocycles. The highest BCUT2D eigenvalue weighted by atomic mass is 79.9. The van der Waals surface area contributed by atoms with Crippen molar-refractivity contribution in [2.45, 2.75) is 23.0 Å². The minimum atomic E-state index is -6.48. The van der Waals surface area contributed by atoms with Crippen LogP contribution >= 0.6 is 15.9 Å². The largest absolute Gasteiger partial charge is 0.463 e. The van der Waals surface area contributed by atoms with Crippen LogP contribution in [0.25, 0.3) is 0 Å². The summed E-state index contributed by atoms with van der Waals surface area (Å²) in [7, 11) is 0. The van der Waals surface area contributed by atoms with E-state index in [9.17, 15) is 44.3 Å². The second-order valence-electron chi connectivity index (χ2n) is 2.60. The molecule has 2 nitrogen and oxygen atoms in total. The van der Waals surface area contributed by atoms with Gasteiger partial charge in [-0.25, -0.2) is 0 Å². The number of carbonyl (C=O) groups excluding carboxylic acids is 1. The molecule has 0 aliphatic carbocycles. The zero-order chi connectivity index (χ0) is 14.3. The highest BCUT2D eigenvalue weighted by Crippen LogP contribution is 2.40. The molecule has 0 aliphatic rings. The third kappa shape index (κ3) is 3.39. The first-order valence-corrected chi connectivity index (χ1v) is 4.14. The Morgan fingerprint density at radius 1 is 0.882 bits per heavy atom. The van der Waals surface area contributed by atoms with Crippen LogP contribution in [0.15, 0.2) is 0 Å². The molecular formula is C5HBrF9NO. The molecule has 0 unspecified atom stereocenters. The molecule has 0 atom stereocenters. The summed E-state index contributed by atoms with van der Waals surface area (Å²) in [5.74, 6) is -9.80. The monoisotopic (exact) mass is 341 g/mol. The fourth-order valence-corrected chi connectivity index (χ4v) is 0.520. The van der Waals surface area contributed by atoms with Crippen molar-refractivity contribution in [3.8, 4) is 0 Å². The van der Waals surface area contributed by atoms with Crippen molar-refractivity contribution in [3.05, 3.63) is 0 Å². The number of hydrogen-bond donors (Lipinski definition) is 1. The SMILES string of the molecule is O=C(NC(F)(F)C(F)(F)Br)C(F)(F)C(F)(F)F. The number of rotatable bonds is 3. The van der Waals surface area contributed by atoms with Crippen LogP contribution in [0.4, 0.5) is 39.5 Å². The molecule has 0 aromatic carbocycles. The van der Waals surface area contributed by atoms with E-state index in [2.05, 4.69) is 0 Å². The van der Waals surface area contributed by atoms with Crippen LogP contribution < -0.4 is 5.32 Å². The van der Waals surface area contributed by atoms with E-state index in [1.54, 1.807) is 0 Å². The maximum atomic E-state index is 12.3. The zero-order valence-electron chi connectivity index (χ0n) is 7.19. The molecule has 0 bridgehead atoms. The highest BCUT2D eigenvalue weighted by molar-refractivity contribution is 9.10. The van der Waals surface area contributed by atoms with E-state index >= 15 is 0 Å². The Kier molecular flexibility index (Phi) is 4.04. The van der Waals surface area contributed by atoms with Gasteiger partial charge in [0.15, 0.2) is 0 Å². The summed E-state index contributed by atoms with van der Waals surface area (Å²) in [4.78, 5) is 4.98. The van der Waals surface area contributed by atoms with Gasteiger partial charge in [0.05, 0.1) is 0 Å². The van der Waals surface area contributed by atoms with E-state index in [0.29, 0.717) is 0 Å². The smallest absolute Gasteiger partial charge is 0.286 e. The maximum absolute atomic E-state index is 12.3. The normalized spacial score (nSPS) is 14.7. The summed E-state index contributed by atoms with van der Waals surface area (Å²) in [5.41, 5.74) is 0. The summed E-state index contributed by atoms with van der Waals surface area (Å²) in [6.45, 7) is 0. The summed E-state index contributed by atoms with van der Waals surface area (Å²) in [6, 6.07) is -5.61. The molecule has 12 heteroatoms. The molecule has 0 aliphatic heterocycles. The summed E-state index contributed by atoms with van der Waals surface area (Å²) in [5, 5.41) is -0.396. The van der Waals surface area contributed by atoms with Crippen LogP contribution in [0, 0.1) is 0 Å². The molecule has 102 valence electrons. The van der Waals surface area contributed by atoms with Gasteiger partial charge in [-0.05, 0) is 15.9 Å². The standard InChI is InChI=1S/C5HBrF9NO/c6-3(9,10)5(14,15)16-1(17)2(7,8)4(11,12)13/h(H,16,17). The van der Waals surface area contributed by atoms with E-state index < -0.39 is 34.2 Å². The lowest BCUT2D eigenvalue weighted by molar-refractivity contribution is -0.274. The van der Waals surface area contributed by atoms with Gasteiger partial charge in [0.2, 0.25) is 0 Å². The summed E-state index contributed by atoms with van der Waals surface area (Å²) >= 11 is 1.02. The molecular weight excluding hydrogens is 341 g/mol. The van der Waals surface area contributed by atoms with Gasteiger partial charge < -0.3 is 0 Å². The van der Waals surface area contributed by atoms with Gasteiger partial charge in [0.25, 0.3) is 0 Å². The number of halogens is 10. The van der Waals surface area contributed by atoms with E-state index in [1.165, 1.54) is 0 Å². The first-order valence-electron chi connectivity index (χ1n) is 3.34. The fraction of sp³-hybridized carbons (Fsp3) is 0.800. The third-order valence-electron chi connectivity index (χ3n) is 1.27. The quantitative estimate of drug-likeness (QED) is 0.477. The first kappa shape index (κ1) is 16.3. The summed E-state index contributed by atoms with van der Waals surface area (Å²) in [6.07, 6.45) is -6.48. The van der Waals surface area contributed by atoms with Crippen LogP contribution in [-0.4, -0.2) is 28.9 Å². The molecule has 0 aromatic heterocycles. The molecule has 0 rings (SSSR count). The van der Waals surface area contributed by atoms with Crippen molar-refractivity contribution in [1.29, 1.82) is 0 Å². The topological polar surface area (TPSA) is 29.1 Å². The van der Waals surface area contributed by atoms with Crippen LogP contribution in [0.5, 0.6) is 0 Å². The predicted molar refractivity (Wildman–Crippen MR) is 38.0 cm³/mol. The molecule has 17 heavy (non-hydrogen) atoms. The van der Waals surface area contributed by atoms with E-state index in [0.717, 1.165) is 15.9 Å². The van der Waals surface area contributed by atoms with Crippen molar-refractivity contribution in [1.82, 2.24) is 5.32 Å². The van der Waals surface area contributed by atoms with E-state index in [-0.39, 0.29) is 0 Å². The Bertz CT molecular complexity index is 305. The number of alkyl halides is 10. The molecule has 0 radical (unpaired) electrons. The Morgan fingerprint density at radius 2 is 1.24 bits per heavy atom. The minimum Gasteiger partial charge on any atom is -0.286 e. The lowest BCUT2D eigenvalue weighted by Crippen LogP contribution is -2.59. The molecule has 0 saturated carbocycles. The van der Waals surface area contributed by atoms with Crippen LogP contribution in [-0.2, 0) is 4.79 Å². The van der Waals surface area contributed by atoms with Gasteiger partial charge in [-0.3, -0.25) is 10.1 Å². The van der Waals surface area contributed by atoms with Crippen molar-refractivity contribution in [2.24, 2.45) is 0 Å². The number of carbonyl (C=O) groups is 1. The van der Waals surface area contributed by atoms with Crippen molar-refractivity contribution >= 4 is 21.8 Å². The van der Waals surface area contributed by atoms with Gasteiger partial charge in [-0.2, -0.15) is 39.5 Å². The fourth-order valence-electron chi connectivity index (χ4n) is 0.421. The zero-order valence-corrected chi connectivity index (χ0v) is 8.77. The molecule has 0 saturated heterocycles. The average Bonchev–Trinajstić information content (AvgIpc) is 1.98. The van der Waals surface area contributed by atoms with Crippen molar-refractivity contribution in [3.63, 3.8) is 0 Å². The van der Waals surface area contributed by atoms with Gasteiger partial charge in [-0.15, -0.1) is 0 Å². The second-order valence-corrected chi connectivity index (χ2v) is 3.59. The Labute approximate surface area is 95.3 Å². The van der Waals surface area contributed by atoms with Crippen LogP contribution in [0.2, 0.25) is 0 Å². The molecule has 0 fully saturated rings. The average molecular weight is 342 g/mol. The third-order valence-corrected chi connectivity index (χ3v) is 1.77. The molecule has 0 spiro atoms. The molecule has 0 aromatic rings. The summed E-state index contributed by atoms with van der Waals surface area (Å²) < 4.78 is 107. The lowest BCUT2D eigenvalue weighted by Gasteiger charge is -2.25. The van der Waals surface area contributed by atoms with Crippen molar-refractivity contribution < 1.29 is 44.3 Å². The number of amides is 1. The van der Waals surface area contributed by atoms with Crippen LogP contribution in [0.3, 0.4) is 0 Å². The van der Waals surface area contributed by atoms with Crippen LogP contribution in [0.1, 0.15) is 0 Å². The van der Waals surface area contributed by atoms with Gasteiger partial charge in [0, 0.05) is 0 Å². The molecule has 1 amide bonds. The maximum Gasteiger partial charge on any atom is 0.463 e. The Balaban J connectivity index is 5.02. The predicted octanol–water partition coefficient (Wildman–Crippen LogP) is 2.88. The van der Waals surface area contributed by atoms with Crippen molar-refractivity contribution in [2.75, 3.05) is 0 Å². The van der Waals surface area contributed by atoms with Gasteiger partial charge in [-0.1, -0.05) is 0 Å². The molecule has 1 N–H and O–H groups in total. The lowest BCUT2D eigenvalue weighted by atomic mass is 10.3. The first-order chi connectivity index (χ1) is 7.13. The van der Waals surface area contributed by atoms with E-state index in [1.807, 2.05) is 0 Å². The Morgan fingerprint density at radius 3 is 1.47 bits per heavy atom. The Hall–Kier alpha value is -0.680. The number of nitrogens with one attached hydrogen (secondary N) is 1.